The maximum Gasteiger partial charge on any atom is 0.228 e. The number of rotatable bonds is 5. The van der Waals surface area contributed by atoms with Gasteiger partial charge in [0.25, 0.3) is 0 Å². The van der Waals surface area contributed by atoms with E-state index >= 15 is 0 Å². The Morgan fingerprint density at radius 3 is 2.75 bits per heavy atom. The third-order valence-corrected chi connectivity index (χ3v) is 5.01. The summed E-state index contributed by atoms with van der Waals surface area (Å²) in [5, 5.41) is 0. The fourth-order valence-electron chi connectivity index (χ4n) is 3.48. The normalized spacial score (nSPS) is 20.4. The van der Waals surface area contributed by atoms with E-state index in [1.165, 1.54) is 0 Å². The van der Waals surface area contributed by atoms with E-state index in [0.717, 1.165) is 35.4 Å². The number of methoxy groups -OCH3 is 1. The van der Waals surface area contributed by atoms with Crippen molar-refractivity contribution in [2.24, 2.45) is 5.92 Å². The molecule has 1 saturated heterocycles. The molecule has 24 heavy (non-hydrogen) atoms. The molecule has 0 N–H and O–H groups in total. The SMILES string of the molecule is COc1c(C)cnc(CN(C)C(=O)C2CC(=O)N(C3CC3)C2)c1C. The van der Waals surface area contributed by atoms with Gasteiger partial charge in [0.05, 0.1) is 25.3 Å². The van der Waals surface area contributed by atoms with E-state index in [-0.39, 0.29) is 17.7 Å². The summed E-state index contributed by atoms with van der Waals surface area (Å²) in [6.07, 6.45) is 4.26. The molecule has 1 atom stereocenters. The highest BCUT2D eigenvalue weighted by Gasteiger charge is 2.42. The lowest BCUT2D eigenvalue weighted by atomic mass is 10.1. The van der Waals surface area contributed by atoms with E-state index in [1.54, 1.807) is 25.3 Å². The molecule has 2 amide bonds. The Labute approximate surface area is 142 Å². The first-order valence-electron chi connectivity index (χ1n) is 8.45. The Morgan fingerprint density at radius 2 is 2.12 bits per heavy atom. The number of carbonyl (C=O) groups is 2. The average Bonchev–Trinajstić information content (AvgIpc) is 3.32. The van der Waals surface area contributed by atoms with Crippen molar-refractivity contribution < 1.29 is 14.3 Å². The zero-order valence-electron chi connectivity index (χ0n) is 14.8. The maximum atomic E-state index is 12.7. The standard InChI is InChI=1S/C18H25N3O3/c1-11-8-19-15(12(2)17(11)24-4)10-20(3)18(23)13-7-16(22)21(9-13)14-5-6-14/h8,13-14H,5-7,9-10H2,1-4H3. The summed E-state index contributed by atoms with van der Waals surface area (Å²) < 4.78 is 5.42. The second kappa shape index (κ2) is 6.42. The summed E-state index contributed by atoms with van der Waals surface area (Å²) >= 11 is 0. The van der Waals surface area contributed by atoms with Crippen molar-refractivity contribution in [3.8, 4) is 5.75 Å². The van der Waals surface area contributed by atoms with Gasteiger partial charge in [-0.2, -0.15) is 0 Å². The molecule has 3 rings (SSSR count). The molecule has 0 spiro atoms. The molecule has 130 valence electrons. The number of aromatic nitrogens is 1. The van der Waals surface area contributed by atoms with E-state index < -0.39 is 0 Å². The highest BCUT2D eigenvalue weighted by atomic mass is 16.5. The van der Waals surface area contributed by atoms with Crippen molar-refractivity contribution in [3.63, 3.8) is 0 Å². The molecule has 0 aromatic carbocycles. The Balaban J connectivity index is 1.68. The zero-order valence-corrected chi connectivity index (χ0v) is 14.8. The molecular weight excluding hydrogens is 306 g/mol. The summed E-state index contributed by atoms with van der Waals surface area (Å²) in [4.78, 5) is 32.8. The van der Waals surface area contributed by atoms with Gasteiger partial charge >= 0.3 is 0 Å². The minimum atomic E-state index is -0.226. The minimum Gasteiger partial charge on any atom is -0.496 e. The maximum absolute atomic E-state index is 12.7. The number of carbonyl (C=O) groups excluding carboxylic acids is 2. The van der Waals surface area contributed by atoms with Crippen molar-refractivity contribution in [2.45, 2.75) is 45.7 Å². The van der Waals surface area contributed by atoms with Gasteiger partial charge in [-0.05, 0) is 26.7 Å². The van der Waals surface area contributed by atoms with Crippen molar-refractivity contribution in [3.05, 3.63) is 23.0 Å². The van der Waals surface area contributed by atoms with Crippen LogP contribution in [0.25, 0.3) is 0 Å². The third-order valence-electron chi connectivity index (χ3n) is 5.01. The number of amides is 2. The Kier molecular flexibility index (Phi) is 4.47. The van der Waals surface area contributed by atoms with Crippen LogP contribution in [0.3, 0.4) is 0 Å². The van der Waals surface area contributed by atoms with E-state index in [1.807, 2.05) is 18.7 Å². The van der Waals surface area contributed by atoms with Crippen molar-refractivity contribution in [2.75, 3.05) is 20.7 Å². The first-order valence-corrected chi connectivity index (χ1v) is 8.45. The van der Waals surface area contributed by atoms with Crippen molar-refractivity contribution in [1.29, 1.82) is 0 Å². The molecule has 0 bridgehead atoms. The van der Waals surface area contributed by atoms with Crippen LogP contribution in [0, 0.1) is 19.8 Å². The number of hydrogen-bond acceptors (Lipinski definition) is 4. The summed E-state index contributed by atoms with van der Waals surface area (Å²) in [7, 11) is 3.42. The van der Waals surface area contributed by atoms with Crippen LogP contribution in [0.4, 0.5) is 0 Å². The topological polar surface area (TPSA) is 62.7 Å². The largest absolute Gasteiger partial charge is 0.496 e. The lowest BCUT2D eigenvalue weighted by Gasteiger charge is -2.22. The Morgan fingerprint density at radius 1 is 1.42 bits per heavy atom. The molecule has 1 aromatic heterocycles. The molecule has 1 saturated carbocycles. The third kappa shape index (κ3) is 3.09. The van der Waals surface area contributed by atoms with E-state index in [2.05, 4.69) is 4.98 Å². The molecule has 1 aliphatic heterocycles. The van der Waals surface area contributed by atoms with Gasteiger partial charge in [0.1, 0.15) is 5.75 Å². The van der Waals surface area contributed by atoms with Crippen LogP contribution in [0.2, 0.25) is 0 Å². The van der Waals surface area contributed by atoms with Gasteiger partial charge in [-0.3, -0.25) is 14.6 Å². The van der Waals surface area contributed by atoms with Crippen LogP contribution in [0.1, 0.15) is 36.1 Å². The quantitative estimate of drug-likeness (QED) is 0.823. The summed E-state index contributed by atoms with van der Waals surface area (Å²) in [6, 6.07) is 0.380. The fraction of sp³-hybridized carbons (Fsp3) is 0.611. The molecule has 2 aliphatic rings. The number of aryl methyl sites for hydroxylation is 1. The van der Waals surface area contributed by atoms with Crippen LogP contribution >= 0.6 is 0 Å². The average molecular weight is 331 g/mol. The van der Waals surface area contributed by atoms with Gasteiger partial charge in [0, 0.05) is 43.4 Å². The fourth-order valence-corrected chi connectivity index (χ4v) is 3.48. The molecule has 1 aliphatic carbocycles. The summed E-state index contributed by atoms with van der Waals surface area (Å²) in [5.41, 5.74) is 2.77. The second-order valence-electron chi connectivity index (χ2n) is 6.92. The van der Waals surface area contributed by atoms with Crippen LogP contribution in [-0.4, -0.2) is 53.3 Å². The van der Waals surface area contributed by atoms with Crippen LogP contribution in [-0.2, 0) is 16.1 Å². The highest BCUT2D eigenvalue weighted by molar-refractivity contribution is 5.89. The first-order chi connectivity index (χ1) is 11.4. The lowest BCUT2D eigenvalue weighted by molar-refractivity contribution is -0.135. The monoisotopic (exact) mass is 331 g/mol. The van der Waals surface area contributed by atoms with Gasteiger partial charge in [0.15, 0.2) is 0 Å². The summed E-state index contributed by atoms with van der Waals surface area (Å²) in [6.45, 7) is 4.90. The number of pyridine rings is 1. The Hall–Kier alpha value is -2.11. The first kappa shape index (κ1) is 16.7. The number of nitrogens with zero attached hydrogens (tertiary/aromatic N) is 3. The van der Waals surface area contributed by atoms with E-state index in [4.69, 9.17) is 4.74 Å². The molecule has 0 radical (unpaired) electrons. The molecule has 2 heterocycles. The van der Waals surface area contributed by atoms with Gasteiger partial charge in [0.2, 0.25) is 11.8 Å². The van der Waals surface area contributed by atoms with Gasteiger partial charge < -0.3 is 14.5 Å². The molecule has 1 aromatic rings. The predicted molar refractivity (Wildman–Crippen MR) is 89.6 cm³/mol. The van der Waals surface area contributed by atoms with Crippen molar-refractivity contribution >= 4 is 11.8 Å². The summed E-state index contributed by atoms with van der Waals surface area (Å²) in [5.74, 6) is 0.732. The van der Waals surface area contributed by atoms with Gasteiger partial charge in [-0.15, -0.1) is 0 Å². The molecule has 2 fully saturated rings. The van der Waals surface area contributed by atoms with Gasteiger partial charge in [-0.1, -0.05) is 0 Å². The van der Waals surface area contributed by atoms with E-state index in [9.17, 15) is 9.59 Å². The minimum absolute atomic E-state index is 0.0206. The molecular formula is C18H25N3O3. The number of likely N-dealkylation sites (tertiary alicyclic amines) is 1. The molecule has 6 nitrogen and oxygen atoms in total. The smallest absolute Gasteiger partial charge is 0.228 e. The van der Waals surface area contributed by atoms with Crippen LogP contribution < -0.4 is 4.74 Å². The van der Waals surface area contributed by atoms with E-state index in [0.29, 0.717) is 25.6 Å². The number of ether oxygens (including phenoxy) is 1. The van der Waals surface area contributed by atoms with Crippen LogP contribution in [0.5, 0.6) is 5.75 Å². The van der Waals surface area contributed by atoms with Crippen LogP contribution in [0.15, 0.2) is 6.20 Å². The highest BCUT2D eigenvalue weighted by Crippen LogP contribution is 2.33. The Bertz CT molecular complexity index is 670. The number of hydrogen-bond donors (Lipinski definition) is 0. The second-order valence-corrected chi connectivity index (χ2v) is 6.92. The lowest BCUT2D eigenvalue weighted by Crippen LogP contribution is -2.35. The zero-order chi connectivity index (χ0) is 17.4. The molecule has 1 unspecified atom stereocenters. The van der Waals surface area contributed by atoms with Crippen molar-refractivity contribution in [1.82, 2.24) is 14.8 Å². The predicted octanol–water partition coefficient (Wildman–Crippen LogP) is 1.68. The molecule has 6 heteroatoms. The van der Waals surface area contributed by atoms with Gasteiger partial charge in [-0.25, -0.2) is 0 Å².